The molecule has 0 N–H and O–H groups in total. The summed E-state index contributed by atoms with van der Waals surface area (Å²) in [5.41, 5.74) is 1.06. The first-order valence-electron chi connectivity index (χ1n) is 5.80. The average molecular weight is 219 g/mol. The Morgan fingerprint density at radius 3 is 2.81 bits per heavy atom. The van der Waals surface area contributed by atoms with Crippen LogP contribution in [0.15, 0.2) is 30.8 Å². The maximum Gasteiger partial charge on any atom is 0.126 e. The minimum Gasteiger partial charge on any atom is -0.493 e. The van der Waals surface area contributed by atoms with Crippen LogP contribution < -0.4 is 4.74 Å². The predicted molar refractivity (Wildman–Crippen MR) is 69.8 cm³/mol. The van der Waals surface area contributed by atoms with Crippen molar-refractivity contribution in [3.05, 3.63) is 36.4 Å². The van der Waals surface area contributed by atoms with E-state index in [1.807, 2.05) is 30.3 Å². The molecule has 0 amide bonds. The van der Waals surface area contributed by atoms with E-state index in [4.69, 9.17) is 4.74 Å². The van der Waals surface area contributed by atoms with E-state index < -0.39 is 0 Å². The monoisotopic (exact) mass is 219 g/mol. The number of nitrogens with zero attached hydrogens (tertiary/aromatic N) is 1. The lowest BCUT2D eigenvalue weighted by molar-refractivity contribution is 0.268. The van der Waals surface area contributed by atoms with E-state index in [-0.39, 0.29) is 0 Å². The molecule has 0 fully saturated rings. The highest BCUT2D eigenvalue weighted by atomic mass is 16.5. The summed E-state index contributed by atoms with van der Waals surface area (Å²) in [5, 5.41) is 0. The van der Waals surface area contributed by atoms with Crippen LogP contribution in [0, 0.1) is 0 Å². The van der Waals surface area contributed by atoms with E-state index in [1.54, 1.807) is 0 Å². The molecule has 1 rings (SSSR count). The van der Waals surface area contributed by atoms with Gasteiger partial charge < -0.3 is 9.64 Å². The van der Waals surface area contributed by atoms with Gasteiger partial charge in [-0.05, 0) is 26.1 Å². The van der Waals surface area contributed by atoms with Crippen molar-refractivity contribution in [1.82, 2.24) is 4.90 Å². The van der Waals surface area contributed by atoms with Crippen molar-refractivity contribution < 1.29 is 4.74 Å². The highest BCUT2D eigenvalue weighted by molar-refractivity contribution is 5.55. The summed E-state index contributed by atoms with van der Waals surface area (Å²) in [5.74, 6) is 0.927. The van der Waals surface area contributed by atoms with Gasteiger partial charge in [0.2, 0.25) is 0 Å². The van der Waals surface area contributed by atoms with Gasteiger partial charge in [-0.2, -0.15) is 0 Å². The van der Waals surface area contributed by atoms with Crippen LogP contribution in [-0.4, -0.2) is 31.6 Å². The van der Waals surface area contributed by atoms with Crippen LogP contribution in [0.3, 0.4) is 0 Å². The van der Waals surface area contributed by atoms with Crippen molar-refractivity contribution in [3.63, 3.8) is 0 Å². The molecule has 0 spiro atoms. The minimum absolute atomic E-state index is 0.759. The normalized spacial score (nSPS) is 10.4. The van der Waals surface area contributed by atoms with Gasteiger partial charge in [0, 0.05) is 12.1 Å². The molecule has 2 heteroatoms. The van der Waals surface area contributed by atoms with E-state index in [0.717, 1.165) is 37.4 Å². The fourth-order valence-corrected chi connectivity index (χ4v) is 1.46. The second kappa shape index (κ2) is 7.07. The average Bonchev–Trinajstić information content (AvgIpc) is 2.34. The zero-order valence-electron chi connectivity index (χ0n) is 10.3. The van der Waals surface area contributed by atoms with E-state index in [9.17, 15) is 0 Å². The largest absolute Gasteiger partial charge is 0.493 e. The van der Waals surface area contributed by atoms with Gasteiger partial charge >= 0.3 is 0 Å². The Bertz CT molecular complexity index is 322. The third-order valence-corrected chi connectivity index (χ3v) is 2.62. The number of benzene rings is 1. The molecule has 1 aromatic rings. The second-order valence-electron chi connectivity index (χ2n) is 3.84. The van der Waals surface area contributed by atoms with Crippen LogP contribution in [0.1, 0.15) is 18.9 Å². The molecule has 0 radical (unpaired) electrons. The van der Waals surface area contributed by atoms with Crippen molar-refractivity contribution in [1.29, 1.82) is 0 Å². The lowest BCUT2D eigenvalue weighted by atomic mass is 10.2. The Balaban J connectivity index is 2.34. The maximum absolute atomic E-state index is 5.73. The van der Waals surface area contributed by atoms with E-state index in [1.165, 1.54) is 0 Å². The van der Waals surface area contributed by atoms with Gasteiger partial charge in [-0.25, -0.2) is 0 Å². The topological polar surface area (TPSA) is 12.5 Å². The lowest BCUT2D eigenvalue weighted by Gasteiger charge is -2.14. The zero-order chi connectivity index (χ0) is 11.8. The van der Waals surface area contributed by atoms with Crippen LogP contribution in [0.25, 0.3) is 6.08 Å². The summed E-state index contributed by atoms with van der Waals surface area (Å²) >= 11 is 0. The van der Waals surface area contributed by atoms with Gasteiger partial charge in [0.05, 0.1) is 6.61 Å². The van der Waals surface area contributed by atoms with Crippen molar-refractivity contribution in [3.8, 4) is 5.75 Å². The second-order valence-corrected chi connectivity index (χ2v) is 3.84. The Labute approximate surface area is 98.5 Å². The molecule has 88 valence electrons. The molecule has 1 aromatic carbocycles. The van der Waals surface area contributed by atoms with Crippen molar-refractivity contribution in [2.45, 2.75) is 13.3 Å². The van der Waals surface area contributed by atoms with Crippen LogP contribution in [0.5, 0.6) is 5.75 Å². The Hall–Kier alpha value is -1.28. The molecular formula is C14H21NO. The van der Waals surface area contributed by atoms with Crippen LogP contribution in [0.2, 0.25) is 0 Å². The fourth-order valence-electron chi connectivity index (χ4n) is 1.46. The molecule has 0 aromatic heterocycles. The fraction of sp³-hybridized carbons (Fsp3) is 0.429. The van der Waals surface area contributed by atoms with Crippen LogP contribution >= 0.6 is 0 Å². The molecule has 0 saturated carbocycles. The Morgan fingerprint density at radius 1 is 1.38 bits per heavy atom. The molecule has 16 heavy (non-hydrogen) atoms. The molecule has 0 saturated heterocycles. The lowest BCUT2D eigenvalue weighted by Crippen LogP contribution is -2.20. The van der Waals surface area contributed by atoms with Crippen LogP contribution in [-0.2, 0) is 0 Å². The standard InChI is InChI=1S/C14H21NO/c1-4-13-9-6-7-10-14(13)16-12-8-11-15(3)5-2/h4,6-7,9-10H,1,5,8,11-12H2,2-3H3. The molecule has 0 aliphatic carbocycles. The van der Waals surface area contributed by atoms with Crippen molar-refractivity contribution in [2.24, 2.45) is 0 Å². The third-order valence-electron chi connectivity index (χ3n) is 2.62. The molecule has 0 unspecified atom stereocenters. The molecule has 0 heterocycles. The maximum atomic E-state index is 5.73. The van der Waals surface area contributed by atoms with E-state index in [0.29, 0.717) is 0 Å². The van der Waals surface area contributed by atoms with Gasteiger partial charge in [-0.1, -0.05) is 37.8 Å². The number of para-hydroxylation sites is 1. The molecule has 0 atom stereocenters. The molecular weight excluding hydrogens is 198 g/mol. The SMILES string of the molecule is C=Cc1ccccc1OCCCN(C)CC. The molecule has 0 aliphatic heterocycles. The van der Waals surface area contributed by atoms with E-state index >= 15 is 0 Å². The predicted octanol–water partition coefficient (Wildman–Crippen LogP) is 3.05. The minimum atomic E-state index is 0.759. The van der Waals surface area contributed by atoms with Gasteiger partial charge in [-0.3, -0.25) is 0 Å². The Morgan fingerprint density at radius 2 is 2.12 bits per heavy atom. The summed E-state index contributed by atoms with van der Waals surface area (Å²) in [6.45, 7) is 8.86. The molecule has 0 bridgehead atoms. The highest BCUT2D eigenvalue weighted by Crippen LogP contribution is 2.18. The molecule has 2 nitrogen and oxygen atoms in total. The smallest absolute Gasteiger partial charge is 0.126 e. The third kappa shape index (κ3) is 4.07. The summed E-state index contributed by atoms with van der Waals surface area (Å²) in [6, 6.07) is 7.98. The summed E-state index contributed by atoms with van der Waals surface area (Å²) < 4.78 is 5.73. The summed E-state index contributed by atoms with van der Waals surface area (Å²) in [7, 11) is 2.12. The first kappa shape index (κ1) is 12.8. The Kier molecular flexibility index (Phi) is 5.65. The molecule has 0 aliphatic rings. The number of hydrogen-bond donors (Lipinski definition) is 0. The van der Waals surface area contributed by atoms with Crippen molar-refractivity contribution in [2.75, 3.05) is 26.7 Å². The summed E-state index contributed by atoms with van der Waals surface area (Å²) in [6.07, 6.45) is 2.88. The van der Waals surface area contributed by atoms with Crippen molar-refractivity contribution >= 4 is 6.08 Å². The first-order chi connectivity index (χ1) is 7.77. The van der Waals surface area contributed by atoms with Crippen LogP contribution in [0.4, 0.5) is 0 Å². The van der Waals surface area contributed by atoms with E-state index in [2.05, 4.69) is 25.5 Å². The number of hydrogen-bond acceptors (Lipinski definition) is 2. The van der Waals surface area contributed by atoms with Gasteiger partial charge in [-0.15, -0.1) is 0 Å². The quantitative estimate of drug-likeness (QED) is 0.653. The zero-order valence-corrected chi connectivity index (χ0v) is 10.3. The first-order valence-corrected chi connectivity index (χ1v) is 5.80. The van der Waals surface area contributed by atoms with Gasteiger partial charge in [0.25, 0.3) is 0 Å². The number of ether oxygens (including phenoxy) is 1. The number of rotatable bonds is 7. The highest BCUT2D eigenvalue weighted by Gasteiger charge is 1.99. The van der Waals surface area contributed by atoms with Gasteiger partial charge in [0.1, 0.15) is 5.75 Å². The summed E-state index contributed by atoms with van der Waals surface area (Å²) in [4.78, 5) is 2.28. The van der Waals surface area contributed by atoms with Gasteiger partial charge in [0.15, 0.2) is 0 Å².